The molecule has 0 aliphatic carbocycles. The molecule has 11 heteroatoms. The normalized spacial score (nSPS) is 12.5. The molecule has 0 aliphatic rings. The van der Waals surface area contributed by atoms with Crippen molar-refractivity contribution in [3.05, 3.63) is 77.9 Å². The van der Waals surface area contributed by atoms with Crippen LogP contribution in [0.5, 0.6) is 17.2 Å². The van der Waals surface area contributed by atoms with E-state index < -0.39 is 28.5 Å². The van der Waals surface area contributed by atoms with Crippen molar-refractivity contribution in [2.24, 2.45) is 0 Å². The van der Waals surface area contributed by atoms with Gasteiger partial charge in [-0.05, 0) is 69.2 Å². The van der Waals surface area contributed by atoms with Gasteiger partial charge in [-0.3, -0.25) is 13.9 Å². The smallest absolute Gasteiger partial charge is 0.264 e. The van der Waals surface area contributed by atoms with Crippen LogP contribution in [-0.2, 0) is 26.2 Å². The Labute approximate surface area is 254 Å². The highest BCUT2D eigenvalue weighted by atomic mass is 32.2. The summed E-state index contributed by atoms with van der Waals surface area (Å²) in [5, 5.41) is 2.93. The van der Waals surface area contributed by atoms with Crippen LogP contribution in [0.3, 0.4) is 0 Å². The van der Waals surface area contributed by atoms with E-state index in [0.29, 0.717) is 23.6 Å². The van der Waals surface area contributed by atoms with Crippen LogP contribution in [0.2, 0.25) is 0 Å². The standard InChI is InChI=1S/C32H41N3O7S/c1-8-23(3)33-32(37)24(4)34(20-25-10-9-11-27(18-25)40-5)31(36)21-35(26-14-12-22(2)13-15-26)43(38,39)28-16-17-29(41-6)30(19-28)42-7/h9-19,23-24H,8,20-21H2,1-7H3,(H,33,37)/t23-,24+/m0/s1. The van der Waals surface area contributed by atoms with E-state index in [9.17, 15) is 18.0 Å². The molecule has 3 rings (SSSR count). The first-order valence-corrected chi connectivity index (χ1v) is 15.4. The number of benzene rings is 3. The van der Waals surface area contributed by atoms with Gasteiger partial charge in [0.2, 0.25) is 11.8 Å². The number of hydrogen-bond donors (Lipinski definition) is 1. The minimum absolute atomic E-state index is 0.0588. The summed E-state index contributed by atoms with van der Waals surface area (Å²) >= 11 is 0. The number of carbonyl (C=O) groups excluding carboxylic acids is 2. The molecular formula is C32H41N3O7S. The molecule has 3 aromatic carbocycles. The maximum absolute atomic E-state index is 14.1. The zero-order chi connectivity index (χ0) is 31.7. The summed E-state index contributed by atoms with van der Waals surface area (Å²) in [6.07, 6.45) is 0.715. The fraction of sp³-hybridized carbons (Fsp3) is 0.375. The third-order valence-electron chi connectivity index (χ3n) is 7.20. The first kappa shape index (κ1) is 33.3. The summed E-state index contributed by atoms with van der Waals surface area (Å²) in [5.41, 5.74) is 1.95. The van der Waals surface area contributed by atoms with Gasteiger partial charge in [0.25, 0.3) is 10.0 Å². The number of ether oxygens (including phenoxy) is 3. The minimum Gasteiger partial charge on any atom is -0.497 e. The third kappa shape index (κ3) is 8.19. The zero-order valence-electron chi connectivity index (χ0n) is 25.8. The molecule has 3 aromatic rings. The van der Waals surface area contributed by atoms with E-state index in [0.717, 1.165) is 15.4 Å². The van der Waals surface area contributed by atoms with Crippen molar-refractivity contribution in [3.63, 3.8) is 0 Å². The van der Waals surface area contributed by atoms with Crippen LogP contribution >= 0.6 is 0 Å². The first-order valence-electron chi connectivity index (χ1n) is 14.0. The van der Waals surface area contributed by atoms with Crippen molar-refractivity contribution in [2.45, 2.75) is 57.6 Å². The van der Waals surface area contributed by atoms with E-state index in [1.165, 1.54) is 37.3 Å². The Hall–Kier alpha value is -4.25. The van der Waals surface area contributed by atoms with E-state index in [4.69, 9.17) is 14.2 Å². The molecule has 0 aliphatic heterocycles. The Morgan fingerprint density at radius 2 is 1.56 bits per heavy atom. The van der Waals surface area contributed by atoms with Crippen LogP contribution in [0.15, 0.2) is 71.6 Å². The van der Waals surface area contributed by atoms with Crippen LogP contribution in [0, 0.1) is 6.92 Å². The molecule has 43 heavy (non-hydrogen) atoms. The van der Waals surface area contributed by atoms with Gasteiger partial charge in [-0.2, -0.15) is 0 Å². The van der Waals surface area contributed by atoms with E-state index >= 15 is 0 Å². The van der Waals surface area contributed by atoms with Crippen molar-refractivity contribution in [1.82, 2.24) is 10.2 Å². The minimum atomic E-state index is -4.28. The van der Waals surface area contributed by atoms with Gasteiger partial charge in [-0.1, -0.05) is 36.8 Å². The molecule has 0 saturated heterocycles. The number of nitrogens with zero attached hydrogens (tertiary/aromatic N) is 2. The van der Waals surface area contributed by atoms with Crippen LogP contribution in [0.25, 0.3) is 0 Å². The number of nitrogens with one attached hydrogen (secondary N) is 1. The number of anilines is 1. The molecule has 0 saturated carbocycles. The summed E-state index contributed by atoms with van der Waals surface area (Å²) in [6.45, 7) is 6.86. The number of hydrogen-bond acceptors (Lipinski definition) is 7. The van der Waals surface area contributed by atoms with E-state index in [2.05, 4.69) is 5.32 Å². The molecule has 1 N–H and O–H groups in total. The maximum atomic E-state index is 14.1. The van der Waals surface area contributed by atoms with Gasteiger partial charge in [-0.15, -0.1) is 0 Å². The summed E-state index contributed by atoms with van der Waals surface area (Å²) in [5.74, 6) is 0.298. The highest BCUT2D eigenvalue weighted by Gasteiger charge is 2.33. The summed E-state index contributed by atoms with van der Waals surface area (Å²) in [6, 6.07) is 17.3. The monoisotopic (exact) mass is 611 g/mol. The Balaban J connectivity index is 2.07. The lowest BCUT2D eigenvalue weighted by molar-refractivity contribution is -0.139. The molecule has 0 aromatic heterocycles. The largest absolute Gasteiger partial charge is 0.497 e. The Morgan fingerprint density at radius 3 is 2.16 bits per heavy atom. The van der Waals surface area contributed by atoms with Crippen LogP contribution in [-0.4, -0.2) is 65.1 Å². The Kier molecular flexibility index (Phi) is 11.4. The quantitative estimate of drug-likeness (QED) is 0.285. The highest BCUT2D eigenvalue weighted by molar-refractivity contribution is 7.92. The topological polar surface area (TPSA) is 114 Å². The zero-order valence-corrected chi connectivity index (χ0v) is 26.6. The van der Waals surface area contributed by atoms with Crippen molar-refractivity contribution < 1.29 is 32.2 Å². The maximum Gasteiger partial charge on any atom is 0.264 e. The molecular weight excluding hydrogens is 570 g/mol. The number of sulfonamides is 1. The second kappa shape index (κ2) is 14.8. The number of aryl methyl sites for hydroxylation is 1. The molecule has 0 radical (unpaired) electrons. The van der Waals surface area contributed by atoms with Gasteiger partial charge in [0.05, 0.1) is 31.9 Å². The predicted molar refractivity (Wildman–Crippen MR) is 166 cm³/mol. The number of rotatable bonds is 14. The predicted octanol–water partition coefficient (Wildman–Crippen LogP) is 4.55. The Bertz CT molecular complexity index is 1510. The fourth-order valence-electron chi connectivity index (χ4n) is 4.36. The van der Waals surface area contributed by atoms with Gasteiger partial charge in [0, 0.05) is 18.7 Å². The van der Waals surface area contributed by atoms with Crippen molar-refractivity contribution in [3.8, 4) is 17.2 Å². The molecule has 0 heterocycles. The lowest BCUT2D eigenvalue weighted by Crippen LogP contribution is -2.52. The number of amides is 2. The van der Waals surface area contributed by atoms with Crippen LogP contribution in [0.4, 0.5) is 5.69 Å². The average Bonchev–Trinajstić information content (AvgIpc) is 3.01. The molecule has 2 amide bonds. The number of methoxy groups -OCH3 is 3. The molecule has 0 unspecified atom stereocenters. The van der Waals surface area contributed by atoms with Gasteiger partial charge >= 0.3 is 0 Å². The van der Waals surface area contributed by atoms with Gasteiger partial charge in [0.15, 0.2) is 11.5 Å². The van der Waals surface area contributed by atoms with Crippen LogP contribution < -0.4 is 23.8 Å². The van der Waals surface area contributed by atoms with Gasteiger partial charge in [0.1, 0.15) is 18.3 Å². The molecule has 0 fully saturated rings. The van der Waals surface area contributed by atoms with Crippen LogP contribution in [0.1, 0.15) is 38.3 Å². The Morgan fingerprint density at radius 1 is 0.884 bits per heavy atom. The lowest BCUT2D eigenvalue weighted by Gasteiger charge is -2.32. The summed E-state index contributed by atoms with van der Waals surface area (Å²) in [7, 11) is 0.140. The highest BCUT2D eigenvalue weighted by Crippen LogP contribution is 2.32. The van der Waals surface area contributed by atoms with E-state index in [1.807, 2.05) is 26.8 Å². The van der Waals surface area contributed by atoms with Crippen molar-refractivity contribution in [2.75, 3.05) is 32.2 Å². The molecule has 0 bridgehead atoms. The van der Waals surface area contributed by atoms with Crippen molar-refractivity contribution >= 4 is 27.5 Å². The summed E-state index contributed by atoms with van der Waals surface area (Å²) < 4.78 is 45.3. The molecule has 2 atom stereocenters. The van der Waals surface area contributed by atoms with Gasteiger partial charge in [-0.25, -0.2) is 8.42 Å². The molecule has 10 nitrogen and oxygen atoms in total. The van der Waals surface area contributed by atoms with E-state index in [1.54, 1.807) is 56.5 Å². The second-order valence-corrected chi connectivity index (χ2v) is 12.1. The van der Waals surface area contributed by atoms with Crippen molar-refractivity contribution in [1.29, 1.82) is 0 Å². The second-order valence-electron chi connectivity index (χ2n) is 10.2. The lowest BCUT2D eigenvalue weighted by atomic mass is 10.1. The van der Waals surface area contributed by atoms with E-state index in [-0.39, 0.29) is 29.1 Å². The number of carbonyl (C=O) groups is 2. The van der Waals surface area contributed by atoms with Gasteiger partial charge < -0.3 is 24.4 Å². The SMILES string of the molecule is CC[C@H](C)NC(=O)[C@@H](C)N(Cc1cccc(OC)c1)C(=O)CN(c1ccc(C)cc1)S(=O)(=O)c1ccc(OC)c(OC)c1. The molecule has 0 spiro atoms. The average molecular weight is 612 g/mol. The first-order chi connectivity index (χ1) is 20.4. The summed E-state index contributed by atoms with van der Waals surface area (Å²) in [4.78, 5) is 28.6. The molecule has 232 valence electrons. The fourth-order valence-corrected chi connectivity index (χ4v) is 5.79. The third-order valence-corrected chi connectivity index (χ3v) is 8.97.